The van der Waals surface area contributed by atoms with Crippen molar-refractivity contribution in [3.05, 3.63) is 56.6 Å². The molecule has 2 rings (SSSR count). The highest BCUT2D eigenvalue weighted by atomic mass is 127. The standard InChI is InChI=1S/C14H12ClIS/c1-2-10-3-8-14(13(15)9-10)17-12-6-4-11(16)5-7-12/h3-9H,2H2,1H3. The van der Waals surface area contributed by atoms with Gasteiger partial charge in [-0.3, -0.25) is 0 Å². The van der Waals surface area contributed by atoms with E-state index >= 15 is 0 Å². The van der Waals surface area contributed by atoms with Crippen LogP contribution in [0.4, 0.5) is 0 Å². The van der Waals surface area contributed by atoms with E-state index in [1.165, 1.54) is 14.0 Å². The topological polar surface area (TPSA) is 0 Å². The molecule has 0 saturated heterocycles. The molecule has 0 aliphatic carbocycles. The summed E-state index contributed by atoms with van der Waals surface area (Å²) in [6, 6.07) is 14.8. The first-order valence-corrected chi connectivity index (χ1v) is 7.68. The molecule has 0 unspecified atom stereocenters. The second kappa shape index (κ2) is 6.12. The SMILES string of the molecule is CCc1ccc(Sc2ccc(I)cc2)c(Cl)c1. The highest BCUT2D eigenvalue weighted by Gasteiger charge is 2.03. The molecular weight excluding hydrogens is 363 g/mol. The molecule has 0 aliphatic rings. The Labute approximate surface area is 125 Å². The van der Waals surface area contributed by atoms with E-state index in [1.54, 1.807) is 11.8 Å². The molecule has 88 valence electrons. The van der Waals surface area contributed by atoms with Gasteiger partial charge in [0.2, 0.25) is 0 Å². The van der Waals surface area contributed by atoms with Crippen molar-refractivity contribution < 1.29 is 0 Å². The Bertz CT molecular complexity index is 508. The fraction of sp³-hybridized carbons (Fsp3) is 0.143. The van der Waals surface area contributed by atoms with E-state index < -0.39 is 0 Å². The molecule has 2 aromatic carbocycles. The minimum Gasteiger partial charge on any atom is -0.0885 e. The lowest BCUT2D eigenvalue weighted by Gasteiger charge is -2.06. The third kappa shape index (κ3) is 3.63. The van der Waals surface area contributed by atoms with Crippen molar-refractivity contribution in [3.8, 4) is 0 Å². The van der Waals surface area contributed by atoms with Gasteiger partial charge in [-0.2, -0.15) is 0 Å². The predicted molar refractivity (Wildman–Crippen MR) is 84.1 cm³/mol. The van der Waals surface area contributed by atoms with Gasteiger partial charge in [-0.15, -0.1) is 0 Å². The van der Waals surface area contributed by atoms with Gasteiger partial charge in [0.1, 0.15) is 0 Å². The molecule has 17 heavy (non-hydrogen) atoms. The zero-order valence-corrected chi connectivity index (χ0v) is 13.1. The van der Waals surface area contributed by atoms with E-state index in [0.717, 1.165) is 16.3 Å². The van der Waals surface area contributed by atoms with E-state index in [4.69, 9.17) is 11.6 Å². The second-order valence-electron chi connectivity index (χ2n) is 3.67. The van der Waals surface area contributed by atoms with Gasteiger partial charge in [0, 0.05) is 13.4 Å². The predicted octanol–water partition coefficient (Wildman–Crippen LogP) is 5.66. The molecule has 0 atom stereocenters. The molecule has 0 saturated carbocycles. The van der Waals surface area contributed by atoms with Crippen molar-refractivity contribution in [1.82, 2.24) is 0 Å². The summed E-state index contributed by atoms with van der Waals surface area (Å²) >= 11 is 10.3. The fourth-order valence-corrected chi connectivity index (χ4v) is 2.97. The summed E-state index contributed by atoms with van der Waals surface area (Å²) in [5.74, 6) is 0. The number of aryl methyl sites for hydroxylation is 1. The quantitative estimate of drug-likeness (QED) is 0.625. The number of benzene rings is 2. The first-order chi connectivity index (χ1) is 8.19. The number of hydrogen-bond acceptors (Lipinski definition) is 1. The van der Waals surface area contributed by atoms with Crippen molar-refractivity contribution in [2.45, 2.75) is 23.1 Å². The Balaban J connectivity index is 2.21. The van der Waals surface area contributed by atoms with Gasteiger partial charge in [-0.25, -0.2) is 0 Å². The van der Waals surface area contributed by atoms with Gasteiger partial charge in [0.05, 0.1) is 5.02 Å². The molecule has 0 heterocycles. The molecule has 2 aromatic rings. The first-order valence-electron chi connectivity index (χ1n) is 5.41. The number of halogens is 2. The Morgan fingerprint density at radius 1 is 1.12 bits per heavy atom. The monoisotopic (exact) mass is 374 g/mol. The minimum atomic E-state index is 0.841. The van der Waals surface area contributed by atoms with Crippen molar-refractivity contribution in [3.63, 3.8) is 0 Å². The Morgan fingerprint density at radius 2 is 1.82 bits per heavy atom. The van der Waals surface area contributed by atoms with E-state index in [1.807, 2.05) is 0 Å². The number of hydrogen-bond donors (Lipinski definition) is 0. The highest BCUT2D eigenvalue weighted by molar-refractivity contribution is 14.1. The van der Waals surface area contributed by atoms with Crippen molar-refractivity contribution in [2.75, 3.05) is 0 Å². The lowest BCUT2D eigenvalue weighted by molar-refractivity contribution is 1.13. The molecule has 0 fully saturated rings. The van der Waals surface area contributed by atoms with Crippen LogP contribution in [0.5, 0.6) is 0 Å². The Hall–Kier alpha value is -0.190. The third-order valence-electron chi connectivity index (χ3n) is 2.45. The van der Waals surface area contributed by atoms with Gasteiger partial charge in [-0.05, 0) is 71.0 Å². The summed E-state index contributed by atoms with van der Waals surface area (Å²) in [7, 11) is 0. The van der Waals surface area contributed by atoms with Crippen LogP contribution in [0.1, 0.15) is 12.5 Å². The van der Waals surface area contributed by atoms with Gasteiger partial charge >= 0.3 is 0 Å². The Kier molecular flexibility index (Phi) is 4.77. The van der Waals surface area contributed by atoms with Crippen LogP contribution >= 0.6 is 46.0 Å². The van der Waals surface area contributed by atoms with Gasteiger partial charge < -0.3 is 0 Å². The zero-order valence-electron chi connectivity index (χ0n) is 9.41. The molecule has 0 bridgehead atoms. The van der Waals surface area contributed by atoms with Gasteiger partial charge in [-0.1, -0.05) is 36.4 Å². The van der Waals surface area contributed by atoms with Gasteiger partial charge in [0.15, 0.2) is 0 Å². The third-order valence-corrected chi connectivity index (χ3v) is 4.67. The molecule has 0 aromatic heterocycles. The molecule has 0 spiro atoms. The average molecular weight is 375 g/mol. The van der Waals surface area contributed by atoms with Crippen LogP contribution in [0.3, 0.4) is 0 Å². The van der Waals surface area contributed by atoms with Crippen LogP contribution in [0.25, 0.3) is 0 Å². The highest BCUT2D eigenvalue weighted by Crippen LogP contribution is 2.34. The summed E-state index contributed by atoms with van der Waals surface area (Å²) in [6.07, 6.45) is 1.02. The second-order valence-corrected chi connectivity index (χ2v) is 6.44. The van der Waals surface area contributed by atoms with Gasteiger partial charge in [0.25, 0.3) is 0 Å². The molecule has 0 amide bonds. The van der Waals surface area contributed by atoms with E-state index in [0.29, 0.717) is 0 Å². The molecule has 0 aliphatic heterocycles. The normalized spacial score (nSPS) is 10.5. The van der Waals surface area contributed by atoms with Crippen LogP contribution in [0, 0.1) is 3.57 Å². The van der Waals surface area contributed by atoms with Crippen LogP contribution in [0.2, 0.25) is 5.02 Å². The first kappa shape index (κ1) is 13.2. The van der Waals surface area contributed by atoms with Crippen molar-refractivity contribution >= 4 is 46.0 Å². The summed E-state index contributed by atoms with van der Waals surface area (Å²) in [5, 5.41) is 0.841. The van der Waals surface area contributed by atoms with E-state index in [-0.39, 0.29) is 0 Å². The molecule has 0 nitrogen and oxygen atoms in total. The van der Waals surface area contributed by atoms with Crippen LogP contribution in [-0.2, 0) is 6.42 Å². The summed E-state index contributed by atoms with van der Waals surface area (Å²) in [6.45, 7) is 2.14. The lowest BCUT2D eigenvalue weighted by Crippen LogP contribution is -1.82. The molecule has 0 radical (unpaired) electrons. The van der Waals surface area contributed by atoms with E-state index in [9.17, 15) is 0 Å². The smallest absolute Gasteiger partial charge is 0.0548 e. The fourth-order valence-electron chi connectivity index (χ4n) is 1.48. The zero-order chi connectivity index (χ0) is 12.3. The maximum Gasteiger partial charge on any atom is 0.0548 e. The summed E-state index contributed by atoms with van der Waals surface area (Å²) in [4.78, 5) is 2.33. The molecule has 0 N–H and O–H groups in total. The average Bonchev–Trinajstić information content (AvgIpc) is 2.34. The number of rotatable bonds is 3. The van der Waals surface area contributed by atoms with Crippen LogP contribution in [-0.4, -0.2) is 0 Å². The molecular formula is C14H12ClIS. The summed E-state index contributed by atoms with van der Waals surface area (Å²) in [5.41, 5.74) is 1.28. The largest absolute Gasteiger partial charge is 0.0885 e. The van der Waals surface area contributed by atoms with E-state index in [2.05, 4.69) is 72.0 Å². The Morgan fingerprint density at radius 3 is 2.41 bits per heavy atom. The minimum absolute atomic E-state index is 0.841. The van der Waals surface area contributed by atoms with Crippen LogP contribution < -0.4 is 0 Å². The maximum absolute atomic E-state index is 6.27. The van der Waals surface area contributed by atoms with Crippen molar-refractivity contribution in [2.24, 2.45) is 0 Å². The lowest BCUT2D eigenvalue weighted by atomic mass is 10.2. The van der Waals surface area contributed by atoms with Crippen LogP contribution in [0.15, 0.2) is 52.3 Å². The maximum atomic E-state index is 6.27. The molecule has 3 heteroatoms. The summed E-state index contributed by atoms with van der Waals surface area (Å²) < 4.78 is 1.25. The van der Waals surface area contributed by atoms with Crippen molar-refractivity contribution in [1.29, 1.82) is 0 Å².